The molecule has 0 bridgehead atoms. The van der Waals surface area contributed by atoms with Gasteiger partial charge in [-0.3, -0.25) is 10.1 Å². The van der Waals surface area contributed by atoms with E-state index >= 15 is 0 Å². The van der Waals surface area contributed by atoms with Gasteiger partial charge in [0.2, 0.25) is 0 Å². The Balaban J connectivity index is 2.06. The predicted octanol–water partition coefficient (Wildman–Crippen LogP) is 0.570. The van der Waals surface area contributed by atoms with Crippen LogP contribution in [0.5, 0.6) is 5.75 Å². The summed E-state index contributed by atoms with van der Waals surface area (Å²) >= 11 is 0. The molecule has 1 saturated heterocycles. The van der Waals surface area contributed by atoms with Crippen LogP contribution in [-0.4, -0.2) is 23.2 Å². The summed E-state index contributed by atoms with van der Waals surface area (Å²) in [6, 6.07) is 6.39. The molecule has 2 amide bonds. The third-order valence-corrected chi connectivity index (χ3v) is 2.12. The molecular weight excluding hydrogens is 198 g/mol. The van der Waals surface area contributed by atoms with Crippen LogP contribution in [0.1, 0.15) is 5.56 Å². The van der Waals surface area contributed by atoms with E-state index in [1.54, 1.807) is 12.1 Å². The molecule has 0 aromatic heterocycles. The van der Waals surface area contributed by atoms with Gasteiger partial charge >= 0.3 is 6.09 Å². The predicted molar refractivity (Wildman–Crippen MR) is 50.2 cm³/mol. The molecule has 0 radical (unpaired) electrons. The molecule has 1 aliphatic heterocycles. The van der Waals surface area contributed by atoms with Gasteiger partial charge in [-0.05, 0) is 17.7 Å². The van der Waals surface area contributed by atoms with Gasteiger partial charge in [0.15, 0.2) is 6.10 Å². The lowest BCUT2D eigenvalue weighted by molar-refractivity contribution is -0.123. The molecule has 5 heteroatoms. The van der Waals surface area contributed by atoms with Crippen molar-refractivity contribution in [2.24, 2.45) is 0 Å². The number of carbonyl (C=O) groups excluding carboxylic acids is 2. The first-order chi connectivity index (χ1) is 7.15. The number of ether oxygens (including phenoxy) is 1. The lowest BCUT2D eigenvalue weighted by atomic mass is 10.1. The van der Waals surface area contributed by atoms with Crippen molar-refractivity contribution in [3.63, 3.8) is 0 Å². The lowest BCUT2D eigenvalue weighted by Crippen LogP contribution is -2.25. The van der Waals surface area contributed by atoms with Gasteiger partial charge in [0.05, 0.1) is 0 Å². The quantitative estimate of drug-likeness (QED) is 0.743. The van der Waals surface area contributed by atoms with Crippen LogP contribution in [0.2, 0.25) is 0 Å². The first-order valence-electron chi connectivity index (χ1n) is 4.44. The number of amides is 2. The van der Waals surface area contributed by atoms with E-state index in [1.165, 1.54) is 12.1 Å². The molecule has 2 rings (SSSR count). The van der Waals surface area contributed by atoms with E-state index in [0.717, 1.165) is 5.56 Å². The van der Waals surface area contributed by atoms with Gasteiger partial charge in [-0.2, -0.15) is 0 Å². The maximum absolute atomic E-state index is 11.1. The zero-order valence-electron chi connectivity index (χ0n) is 7.77. The summed E-state index contributed by atoms with van der Waals surface area (Å²) in [4.78, 5) is 21.9. The molecule has 15 heavy (non-hydrogen) atoms. The van der Waals surface area contributed by atoms with E-state index in [-0.39, 0.29) is 5.75 Å². The SMILES string of the molecule is O=C1NC(=O)C(Cc2ccc(O)cc2)O1. The van der Waals surface area contributed by atoms with E-state index in [4.69, 9.17) is 9.84 Å². The van der Waals surface area contributed by atoms with Gasteiger partial charge in [-0.25, -0.2) is 4.79 Å². The molecular formula is C10H9NO4. The second-order valence-electron chi connectivity index (χ2n) is 3.25. The summed E-state index contributed by atoms with van der Waals surface area (Å²) < 4.78 is 4.75. The van der Waals surface area contributed by atoms with Crippen molar-refractivity contribution in [1.82, 2.24) is 5.32 Å². The Labute approximate surface area is 85.7 Å². The highest BCUT2D eigenvalue weighted by atomic mass is 16.6. The number of aromatic hydroxyl groups is 1. The summed E-state index contributed by atoms with van der Waals surface area (Å²) in [6.07, 6.45) is -1.15. The van der Waals surface area contributed by atoms with Crippen LogP contribution in [0.4, 0.5) is 4.79 Å². The number of hydrogen-bond acceptors (Lipinski definition) is 4. The van der Waals surface area contributed by atoms with E-state index in [1.807, 2.05) is 5.32 Å². The molecule has 0 spiro atoms. The Morgan fingerprint density at radius 1 is 1.27 bits per heavy atom. The van der Waals surface area contributed by atoms with Crippen molar-refractivity contribution in [3.05, 3.63) is 29.8 Å². The monoisotopic (exact) mass is 207 g/mol. The molecule has 5 nitrogen and oxygen atoms in total. The number of phenols is 1. The Morgan fingerprint density at radius 2 is 1.93 bits per heavy atom. The fourth-order valence-electron chi connectivity index (χ4n) is 1.37. The van der Waals surface area contributed by atoms with Crippen molar-refractivity contribution >= 4 is 12.0 Å². The molecule has 1 aliphatic rings. The summed E-state index contributed by atoms with van der Waals surface area (Å²) in [5, 5.41) is 11.1. The van der Waals surface area contributed by atoms with E-state index in [2.05, 4.69) is 0 Å². The number of alkyl carbamates (subject to hydrolysis) is 1. The van der Waals surface area contributed by atoms with Crippen LogP contribution in [0.3, 0.4) is 0 Å². The molecule has 1 aromatic carbocycles. The molecule has 0 saturated carbocycles. The second kappa shape index (κ2) is 3.61. The summed E-state index contributed by atoms with van der Waals surface area (Å²) in [5.74, 6) is -0.264. The van der Waals surface area contributed by atoms with Gasteiger partial charge in [0.1, 0.15) is 5.75 Å². The minimum absolute atomic E-state index is 0.159. The first-order valence-corrected chi connectivity index (χ1v) is 4.44. The van der Waals surface area contributed by atoms with Crippen molar-refractivity contribution in [3.8, 4) is 5.75 Å². The average molecular weight is 207 g/mol. The van der Waals surface area contributed by atoms with E-state index in [9.17, 15) is 9.59 Å². The second-order valence-corrected chi connectivity index (χ2v) is 3.25. The smallest absolute Gasteiger partial charge is 0.414 e. The summed E-state index contributed by atoms with van der Waals surface area (Å²) in [5.41, 5.74) is 0.822. The van der Waals surface area contributed by atoms with Crippen molar-refractivity contribution < 1.29 is 19.4 Å². The van der Waals surface area contributed by atoms with Crippen LogP contribution in [0.15, 0.2) is 24.3 Å². The number of hydrogen-bond donors (Lipinski definition) is 2. The van der Waals surface area contributed by atoms with Gasteiger partial charge in [0, 0.05) is 6.42 Å². The molecule has 0 aliphatic carbocycles. The van der Waals surface area contributed by atoms with Crippen molar-refractivity contribution in [1.29, 1.82) is 0 Å². The van der Waals surface area contributed by atoms with E-state index < -0.39 is 18.1 Å². The number of carbonyl (C=O) groups is 2. The van der Waals surface area contributed by atoms with Crippen LogP contribution in [-0.2, 0) is 16.0 Å². The Bertz CT molecular complexity index is 398. The van der Waals surface area contributed by atoms with Gasteiger partial charge in [-0.15, -0.1) is 0 Å². The average Bonchev–Trinajstić information content (AvgIpc) is 2.49. The van der Waals surface area contributed by atoms with Crippen LogP contribution < -0.4 is 5.32 Å². The van der Waals surface area contributed by atoms with Crippen molar-refractivity contribution in [2.75, 3.05) is 0 Å². The topological polar surface area (TPSA) is 75.6 Å². The molecule has 78 valence electrons. The number of rotatable bonds is 2. The van der Waals surface area contributed by atoms with E-state index in [0.29, 0.717) is 6.42 Å². The lowest BCUT2D eigenvalue weighted by Gasteiger charge is -2.05. The zero-order valence-corrected chi connectivity index (χ0v) is 7.77. The number of imide groups is 1. The number of phenolic OH excluding ortho intramolecular Hbond substituents is 1. The standard InChI is InChI=1S/C10H9NO4/c12-7-3-1-6(2-4-7)5-8-9(13)11-10(14)15-8/h1-4,8,12H,5H2,(H,11,13,14). The molecule has 1 heterocycles. The molecule has 1 atom stereocenters. The first kappa shape index (κ1) is 9.51. The summed E-state index contributed by atoms with van der Waals surface area (Å²) in [7, 11) is 0. The fraction of sp³-hybridized carbons (Fsp3) is 0.200. The maximum Gasteiger partial charge on any atom is 0.414 e. The van der Waals surface area contributed by atoms with Crippen LogP contribution in [0, 0.1) is 0 Å². The summed E-state index contributed by atoms with van der Waals surface area (Å²) in [6.45, 7) is 0. The third-order valence-electron chi connectivity index (χ3n) is 2.12. The Hall–Kier alpha value is -2.04. The Morgan fingerprint density at radius 3 is 2.47 bits per heavy atom. The highest BCUT2D eigenvalue weighted by Gasteiger charge is 2.31. The fourth-order valence-corrected chi connectivity index (χ4v) is 1.37. The minimum Gasteiger partial charge on any atom is -0.508 e. The number of nitrogens with one attached hydrogen (secondary N) is 1. The largest absolute Gasteiger partial charge is 0.508 e. The maximum atomic E-state index is 11.1. The van der Waals surface area contributed by atoms with Crippen molar-refractivity contribution in [2.45, 2.75) is 12.5 Å². The number of benzene rings is 1. The zero-order chi connectivity index (χ0) is 10.8. The molecule has 1 unspecified atom stereocenters. The molecule has 1 fully saturated rings. The van der Waals surface area contributed by atoms with Crippen LogP contribution >= 0.6 is 0 Å². The van der Waals surface area contributed by atoms with Gasteiger partial charge in [0.25, 0.3) is 5.91 Å². The normalized spacial score (nSPS) is 19.9. The van der Waals surface area contributed by atoms with Gasteiger partial charge < -0.3 is 9.84 Å². The molecule has 2 N–H and O–H groups in total. The molecule has 1 aromatic rings. The third kappa shape index (κ3) is 2.07. The minimum atomic E-state index is -0.762. The Kier molecular flexibility index (Phi) is 2.29. The number of cyclic esters (lactones) is 1. The highest BCUT2D eigenvalue weighted by Crippen LogP contribution is 2.14. The highest BCUT2D eigenvalue weighted by molar-refractivity contribution is 6.00. The van der Waals surface area contributed by atoms with Crippen LogP contribution in [0.25, 0.3) is 0 Å². The van der Waals surface area contributed by atoms with Gasteiger partial charge in [-0.1, -0.05) is 12.1 Å².